The molecule has 2 N–H and O–H groups in total. The summed E-state index contributed by atoms with van der Waals surface area (Å²) in [6.07, 6.45) is 0. The molecular weight excluding hydrogens is 374 g/mol. The maximum absolute atomic E-state index is 12.6. The number of para-hydroxylation sites is 1. The Balaban J connectivity index is 1.72. The number of aromatic nitrogens is 2. The van der Waals surface area contributed by atoms with E-state index in [1.165, 1.54) is 24.3 Å². The number of benzene rings is 2. The SMILES string of the molecule is CCN(Cc1nc2ccccc2c(=O)[nH]1)C(C)C(=O)Nc1ccc([N+](=O)[O-])cc1. The Hall–Kier alpha value is -3.59. The highest BCUT2D eigenvalue weighted by molar-refractivity contribution is 5.94. The molecule has 0 bridgehead atoms. The van der Waals surface area contributed by atoms with Gasteiger partial charge < -0.3 is 10.3 Å². The summed E-state index contributed by atoms with van der Waals surface area (Å²) < 4.78 is 0. The Morgan fingerprint density at radius 2 is 1.93 bits per heavy atom. The van der Waals surface area contributed by atoms with Crippen LogP contribution in [-0.4, -0.2) is 38.3 Å². The minimum atomic E-state index is -0.507. The average molecular weight is 395 g/mol. The van der Waals surface area contributed by atoms with Gasteiger partial charge in [0, 0.05) is 17.8 Å². The zero-order valence-electron chi connectivity index (χ0n) is 16.1. The minimum absolute atomic E-state index is 0.0439. The van der Waals surface area contributed by atoms with Gasteiger partial charge in [0.1, 0.15) is 5.82 Å². The minimum Gasteiger partial charge on any atom is -0.325 e. The number of hydrogen-bond acceptors (Lipinski definition) is 6. The number of hydrogen-bond donors (Lipinski definition) is 2. The summed E-state index contributed by atoms with van der Waals surface area (Å²) in [6, 6.07) is 12.2. The number of fused-ring (bicyclic) bond motifs is 1. The van der Waals surface area contributed by atoms with Gasteiger partial charge in [0.05, 0.1) is 28.4 Å². The molecule has 1 amide bonds. The van der Waals surface area contributed by atoms with Crippen molar-refractivity contribution < 1.29 is 9.72 Å². The number of nitro benzene ring substituents is 1. The predicted molar refractivity (Wildman–Crippen MR) is 110 cm³/mol. The number of carbonyl (C=O) groups excluding carboxylic acids is 1. The predicted octanol–water partition coefficient (Wildman–Crippen LogP) is 2.68. The van der Waals surface area contributed by atoms with Crippen molar-refractivity contribution in [3.63, 3.8) is 0 Å². The molecule has 3 rings (SSSR count). The van der Waals surface area contributed by atoms with Gasteiger partial charge >= 0.3 is 0 Å². The first kappa shape index (κ1) is 20.2. The summed E-state index contributed by atoms with van der Waals surface area (Å²) in [6.45, 7) is 4.52. The fraction of sp³-hybridized carbons (Fsp3) is 0.250. The van der Waals surface area contributed by atoms with Gasteiger partial charge in [0.2, 0.25) is 5.91 Å². The van der Waals surface area contributed by atoms with Crippen molar-refractivity contribution in [3.05, 3.63) is 74.8 Å². The molecule has 3 aromatic rings. The van der Waals surface area contributed by atoms with E-state index in [1.54, 1.807) is 25.1 Å². The standard InChI is InChI=1S/C20H21N5O4/c1-3-24(12-18-22-17-7-5-4-6-16(17)20(27)23-18)13(2)19(26)21-14-8-10-15(11-9-14)25(28)29/h4-11,13H,3,12H2,1-2H3,(H,21,26)(H,22,23,27). The van der Waals surface area contributed by atoms with E-state index in [1.807, 2.05) is 17.9 Å². The topological polar surface area (TPSA) is 121 Å². The second-order valence-electron chi connectivity index (χ2n) is 6.56. The van der Waals surface area contributed by atoms with Crippen molar-refractivity contribution in [2.24, 2.45) is 0 Å². The van der Waals surface area contributed by atoms with Crippen LogP contribution >= 0.6 is 0 Å². The number of carbonyl (C=O) groups is 1. The third-order valence-electron chi connectivity index (χ3n) is 4.69. The first-order valence-corrected chi connectivity index (χ1v) is 9.16. The number of rotatable bonds is 7. The van der Waals surface area contributed by atoms with Crippen LogP contribution in [-0.2, 0) is 11.3 Å². The van der Waals surface area contributed by atoms with Gasteiger partial charge in [-0.15, -0.1) is 0 Å². The molecule has 0 aliphatic heterocycles. The van der Waals surface area contributed by atoms with Crippen LogP contribution in [0.15, 0.2) is 53.3 Å². The van der Waals surface area contributed by atoms with Crippen LogP contribution < -0.4 is 10.9 Å². The summed E-state index contributed by atoms with van der Waals surface area (Å²) in [5, 5.41) is 14.0. The van der Waals surface area contributed by atoms with Crippen LogP contribution in [0.1, 0.15) is 19.7 Å². The maximum Gasteiger partial charge on any atom is 0.269 e. The summed E-state index contributed by atoms with van der Waals surface area (Å²) >= 11 is 0. The molecule has 0 radical (unpaired) electrons. The third-order valence-corrected chi connectivity index (χ3v) is 4.69. The number of nitrogens with one attached hydrogen (secondary N) is 2. The quantitative estimate of drug-likeness (QED) is 0.469. The lowest BCUT2D eigenvalue weighted by atomic mass is 10.2. The molecule has 2 aromatic carbocycles. The molecule has 0 spiro atoms. The third kappa shape index (κ3) is 4.64. The van der Waals surface area contributed by atoms with Crippen LogP contribution in [0, 0.1) is 10.1 Å². The maximum atomic E-state index is 12.6. The Morgan fingerprint density at radius 1 is 1.24 bits per heavy atom. The fourth-order valence-corrected chi connectivity index (χ4v) is 3.00. The van der Waals surface area contributed by atoms with Crippen molar-refractivity contribution in [1.82, 2.24) is 14.9 Å². The van der Waals surface area contributed by atoms with Gasteiger partial charge in [-0.25, -0.2) is 4.98 Å². The number of aromatic amines is 1. The van der Waals surface area contributed by atoms with Crippen LogP contribution in [0.25, 0.3) is 10.9 Å². The second-order valence-corrected chi connectivity index (χ2v) is 6.56. The van der Waals surface area contributed by atoms with Crippen molar-refractivity contribution in [2.75, 3.05) is 11.9 Å². The second kappa shape index (κ2) is 8.61. The molecule has 1 heterocycles. The van der Waals surface area contributed by atoms with E-state index < -0.39 is 11.0 Å². The number of non-ortho nitro benzene ring substituents is 1. The van der Waals surface area contributed by atoms with E-state index in [-0.39, 0.29) is 17.2 Å². The average Bonchev–Trinajstić information content (AvgIpc) is 2.72. The highest BCUT2D eigenvalue weighted by Gasteiger charge is 2.21. The molecule has 150 valence electrons. The van der Waals surface area contributed by atoms with Crippen LogP contribution in [0.4, 0.5) is 11.4 Å². The number of nitro groups is 1. The lowest BCUT2D eigenvalue weighted by Crippen LogP contribution is -2.42. The highest BCUT2D eigenvalue weighted by atomic mass is 16.6. The number of anilines is 1. The number of likely N-dealkylation sites (N-methyl/N-ethyl adjacent to an activating group) is 1. The van der Waals surface area contributed by atoms with Gasteiger partial charge in [-0.3, -0.25) is 24.6 Å². The summed E-state index contributed by atoms with van der Waals surface area (Å²) in [7, 11) is 0. The zero-order chi connectivity index (χ0) is 21.0. The molecular formula is C20H21N5O4. The number of H-pyrrole nitrogens is 1. The Labute approximate surface area is 166 Å². The van der Waals surface area contributed by atoms with E-state index in [0.717, 1.165) is 0 Å². The summed E-state index contributed by atoms with van der Waals surface area (Å²) in [5.74, 6) is 0.217. The lowest BCUT2D eigenvalue weighted by molar-refractivity contribution is -0.384. The van der Waals surface area contributed by atoms with E-state index in [0.29, 0.717) is 35.5 Å². The first-order chi connectivity index (χ1) is 13.9. The molecule has 0 fully saturated rings. The fourth-order valence-electron chi connectivity index (χ4n) is 3.00. The van der Waals surface area contributed by atoms with Crippen LogP contribution in [0.3, 0.4) is 0 Å². The monoisotopic (exact) mass is 395 g/mol. The van der Waals surface area contributed by atoms with Crippen LogP contribution in [0.2, 0.25) is 0 Å². The molecule has 1 aromatic heterocycles. The number of amides is 1. The summed E-state index contributed by atoms with van der Waals surface area (Å²) in [4.78, 5) is 44.2. The Morgan fingerprint density at radius 3 is 2.59 bits per heavy atom. The first-order valence-electron chi connectivity index (χ1n) is 9.16. The molecule has 9 heteroatoms. The molecule has 1 unspecified atom stereocenters. The molecule has 0 saturated heterocycles. The van der Waals surface area contributed by atoms with Gasteiger partial charge in [0.25, 0.3) is 11.2 Å². The molecule has 0 aliphatic rings. The van der Waals surface area contributed by atoms with E-state index in [9.17, 15) is 19.7 Å². The van der Waals surface area contributed by atoms with Crippen molar-refractivity contribution in [2.45, 2.75) is 26.4 Å². The zero-order valence-corrected chi connectivity index (χ0v) is 16.1. The van der Waals surface area contributed by atoms with Gasteiger partial charge in [-0.2, -0.15) is 0 Å². The molecule has 9 nitrogen and oxygen atoms in total. The van der Waals surface area contributed by atoms with Crippen molar-refractivity contribution in [3.8, 4) is 0 Å². The molecule has 0 aliphatic carbocycles. The largest absolute Gasteiger partial charge is 0.325 e. The summed E-state index contributed by atoms with van der Waals surface area (Å²) in [5.41, 5.74) is 0.813. The van der Waals surface area contributed by atoms with Gasteiger partial charge in [-0.05, 0) is 37.7 Å². The lowest BCUT2D eigenvalue weighted by Gasteiger charge is -2.26. The molecule has 1 atom stereocenters. The molecule has 29 heavy (non-hydrogen) atoms. The van der Waals surface area contributed by atoms with Gasteiger partial charge in [-0.1, -0.05) is 19.1 Å². The number of nitrogens with zero attached hydrogens (tertiary/aromatic N) is 3. The Kier molecular flexibility index (Phi) is 5.99. The van der Waals surface area contributed by atoms with E-state index >= 15 is 0 Å². The van der Waals surface area contributed by atoms with E-state index in [2.05, 4.69) is 15.3 Å². The Bertz CT molecular complexity index is 1090. The van der Waals surface area contributed by atoms with Crippen molar-refractivity contribution in [1.29, 1.82) is 0 Å². The highest BCUT2D eigenvalue weighted by Crippen LogP contribution is 2.16. The molecule has 0 saturated carbocycles. The smallest absolute Gasteiger partial charge is 0.269 e. The van der Waals surface area contributed by atoms with Crippen LogP contribution in [0.5, 0.6) is 0 Å². The normalized spacial score (nSPS) is 12.1. The van der Waals surface area contributed by atoms with E-state index in [4.69, 9.17) is 0 Å². The van der Waals surface area contributed by atoms with Gasteiger partial charge in [0.15, 0.2) is 0 Å². The van der Waals surface area contributed by atoms with Crippen molar-refractivity contribution >= 4 is 28.2 Å².